The fraction of sp³-hybridized carbons (Fsp3) is 0.429. The number of Topliss-reactive ketones (excluding diaryl/α,β-unsaturated/α-hetero) is 1. The van der Waals surface area contributed by atoms with Crippen LogP contribution in [0.1, 0.15) is 46.0 Å². The number of hydrogen-bond acceptors (Lipinski definition) is 7. The van der Waals surface area contributed by atoms with Crippen LogP contribution in [-0.4, -0.2) is 63.3 Å². The Morgan fingerprint density at radius 3 is 2.42 bits per heavy atom. The highest BCUT2D eigenvalue weighted by molar-refractivity contribution is 7.89. The highest BCUT2D eigenvalue weighted by Gasteiger charge is 2.27. The molecule has 0 aliphatic carbocycles. The predicted molar refractivity (Wildman–Crippen MR) is 118 cm³/mol. The predicted octanol–water partition coefficient (Wildman–Crippen LogP) is 2.75. The van der Waals surface area contributed by atoms with Gasteiger partial charge in [0, 0.05) is 25.5 Å². The number of esters is 1. The molecule has 2 rings (SSSR count). The number of carbonyl (C=O) groups is 2. The van der Waals surface area contributed by atoms with Gasteiger partial charge in [-0.25, -0.2) is 17.5 Å². The largest absolute Gasteiger partial charge is 0.492 e. The number of nitrogens with one attached hydrogen (secondary N) is 2. The van der Waals surface area contributed by atoms with Crippen molar-refractivity contribution in [2.75, 3.05) is 33.1 Å². The van der Waals surface area contributed by atoms with Crippen LogP contribution in [0.25, 0.3) is 0 Å². The second kappa shape index (κ2) is 9.52. The molecule has 0 radical (unpaired) electrons. The zero-order valence-corrected chi connectivity index (χ0v) is 19.6. The summed E-state index contributed by atoms with van der Waals surface area (Å²) in [5.74, 6) is -0.558. The molecule has 2 aromatic rings. The van der Waals surface area contributed by atoms with Gasteiger partial charge in [-0.1, -0.05) is 0 Å². The molecule has 0 amide bonds. The number of ether oxygens (including phenoxy) is 2. The van der Waals surface area contributed by atoms with Crippen LogP contribution >= 0.6 is 0 Å². The first-order valence-corrected chi connectivity index (χ1v) is 11.2. The normalized spacial score (nSPS) is 12.5. The molecule has 31 heavy (non-hydrogen) atoms. The minimum Gasteiger partial charge on any atom is -0.492 e. The third-order valence-corrected chi connectivity index (χ3v) is 6.69. The second-order valence-corrected chi connectivity index (χ2v) is 9.35. The van der Waals surface area contributed by atoms with Crippen LogP contribution in [-0.2, 0) is 14.8 Å². The maximum atomic E-state index is 13.0. The number of carbonyl (C=O) groups excluding carboxylic acids is 2. The van der Waals surface area contributed by atoms with Gasteiger partial charge in [-0.3, -0.25) is 4.79 Å². The minimum atomic E-state index is -3.76. The van der Waals surface area contributed by atoms with Crippen LogP contribution < -0.4 is 10.1 Å². The fourth-order valence-corrected chi connectivity index (χ4v) is 4.26. The number of H-pyrrole nitrogens is 1. The van der Waals surface area contributed by atoms with Gasteiger partial charge in [0.05, 0.1) is 31.0 Å². The molecule has 170 valence electrons. The number of benzene rings is 1. The Balaban J connectivity index is 2.37. The Kier molecular flexibility index (Phi) is 7.50. The summed E-state index contributed by atoms with van der Waals surface area (Å²) >= 11 is 0. The number of sulfonamides is 1. The lowest BCUT2D eigenvalue weighted by Gasteiger charge is -2.19. The third kappa shape index (κ3) is 4.91. The number of aromatic nitrogens is 1. The van der Waals surface area contributed by atoms with Gasteiger partial charge in [-0.05, 0) is 51.5 Å². The van der Waals surface area contributed by atoms with E-state index in [1.807, 2.05) is 0 Å². The van der Waals surface area contributed by atoms with Crippen molar-refractivity contribution < 1.29 is 27.5 Å². The highest BCUT2D eigenvalue weighted by Crippen LogP contribution is 2.30. The van der Waals surface area contributed by atoms with Gasteiger partial charge >= 0.3 is 5.97 Å². The van der Waals surface area contributed by atoms with Crippen molar-refractivity contribution in [3.8, 4) is 5.75 Å². The van der Waals surface area contributed by atoms with E-state index in [1.165, 1.54) is 27.3 Å². The Morgan fingerprint density at radius 1 is 1.23 bits per heavy atom. The summed E-state index contributed by atoms with van der Waals surface area (Å²) in [6.07, 6.45) is 0. The number of aromatic amines is 1. The van der Waals surface area contributed by atoms with Gasteiger partial charge in [-0.15, -0.1) is 0 Å². The van der Waals surface area contributed by atoms with E-state index in [4.69, 9.17) is 9.47 Å². The summed E-state index contributed by atoms with van der Waals surface area (Å²) in [4.78, 5) is 28.0. The lowest BCUT2D eigenvalue weighted by molar-refractivity contribution is 0.0599. The van der Waals surface area contributed by atoms with Gasteiger partial charge in [0.15, 0.2) is 0 Å². The van der Waals surface area contributed by atoms with Gasteiger partial charge in [0.1, 0.15) is 10.6 Å². The lowest BCUT2D eigenvalue weighted by Crippen LogP contribution is -2.27. The molecule has 0 spiro atoms. The first-order chi connectivity index (χ1) is 14.4. The third-order valence-electron chi connectivity index (χ3n) is 4.85. The van der Waals surface area contributed by atoms with Gasteiger partial charge in [-0.2, -0.15) is 0 Å². The van der Waals surface area contributed by atoms with Crippen molar-refractivity contribution >= 4 is 27.5 Å². The summed E-state index contributed by atoms with van der Waals surface area (Å²) in [7, 11) is 0.401. The molecule has 0 saturated heterocycles. The van der Waals surface area contributed by atoms with E-state index in [0.717, 1.165) is 4.31 Å². The van der Waals surface area contributed by atoms with Crippen molar-refractivity contribution in [3.63, 3.8) is 0 Å². The van der Waals surface area contributed by atoms with Gasteiger partial charge in [0.25, 0.3) is 0 Å². The molecular formula is C21H29N3O6S. The summed E-state index contributed by atoms with van der Waals surface area (Å²) < 4.78 is 36.8. The van der Waals surface area contributed by atoms with Gasteiger partial charge in [0.2, 0.25) is 15.8 Å². The Bertz CT molecular complexity index is 1090. The van der Waals surface area contributed by atoms with E-state index in [1.54, 1.807) is 39.8 Å². The molecule has 1 aromatic heterocycles. The number of aryl methyl sites for hydroxylation is 1. The average Bonchev–Trinajstić information content (AvgIpc) is 3.01. The number of anilines is 1. The number of ketones is 1. The Labute approximate surface area is 182 Å². The molecule has 2 N–H and O–H groups in total. The summed E-state index contributed by atoms with van der Waals surface area (Å²) in [6.45, 7) is 7.10. The topological polar surface area (TPSA) is 118 Å². The number of hydrogen-bond donors (Lipinski definition) is 2. The summed E-state index contributed by atoms with van der Waals surface area (Å²) in [5, 5.41) is 3.04. The van der Waals surface area contributed by atoms with Crippen molar-refractivity contribution in [3.05, 3.63) is 40.7 Å². The molecule has 0 bridgehead atoms. The number of rotatable bonds is 9. The molecular weight excluding hydrogens is 422 g/mol. The first-order valence-electron chi connectivity index (χ1n) is 9.73. The molecule has 0 unspecified atom stereocenters. The molecule has 1 aromatic carbocycles. The van der Waals surface area contributed by atoms with E-state index in [-0.39, 0.29) is 16.4 Å². The number of nitrogens with zero attached hydrogens (tertiary/aromatic N) is 1. The van der Waals surface area contributed by atoms with E-state index in [9.17, 15) is 18.0 Å². The molecule has 0 aliphatic rings. The van der Waals surface area contributed by atoms with E-state index in [0.29, 0.717) is 34.8 Å². The molecule has 10 heteroatoms. The Hall–Kier alpha value is -2.85. The summed E-state index contributed by atoms with van der Waals surface area (Å²) in [6, 6.07) is 3.95. The smallest absolute Gasteiger partial charge is 0.339 e. The van der Waals surface area contributed by atoms with Gasteiger partial charge < -0.3 is 19.8 Å². The minimum absolute atomic E-state index is 0.00359. The molecule has 0 fully saturated rings. The maximum absolute atomic E-state index is 13.0. The second-order valence-electron chi connectivity index (χ2n) is 7.23. The van der Waals surface area contributed by atoms with Crippen LogP contribution in [0.2, 0.25) is 0 Å². The fourth-order valence-electron chi connectivity index (χ4n) is 3.21. The Morgan fingerprint density at radius 2 is 1.87 bits per heavy atom. The monoisotopic (exact) mass is 451 g/mol. The summed E-state index contributed by atoms with van der Waals surface area (Å²) in [5.41, 5.74) is 2.12. The highest BCUT2D eigenvalue weighted by atomic mass is 32.2. The van der Waals surface area contributed by atoms with Crippen LogP contribution in [0.5, 0.6) is 5.75 Å². The van der Waals surface area contributed by atoms with Crippen molar-refractivity contribution in [2.45, 2.75) is 38.6 Å². The van der Waals surface area contributed by atoms with E-state index in [2.05, 4.69) is 10.3 Å². The molecule has 0 saturated carbocycles. The van der Waals surface area contributed by atoms with Crippen LogP contribution in [0.3, 0.4) is 0 Å². The quantitative estimate of drug-likeness (QED) is 0.445. The molecule has 1 heterocycles. The van der Waals surface area contributed by atoms with Crippen molar-refractivity contribution in [1.29, 1.82) is 0 Å². The molecule has 1 atom stereocenters. The maximum Gasteiger partial charge on any atom is 0.339 e. The number of methoxy groups -OCH3 is 1. The SMILES string of the molecule is CCOc1ccc(N[C@@H](C)C(=O)c2[nH]c(C)c(C(=O)OC)c2C)cc1S(=O)(=O)N(C)C. The molecule has 9 nitrogen and oxygen atoms in total. The first kappa shape index (κ1) is 24.4. The van der Waals surface area contributed by atoms with E-state index < -0.39 is 22.0 Å². The van der Waals surface area contributed by atoms with Crippen LogP contribution in [0.4, 0.5) is 5.69 Å². The zero-order chi connectivity index (χ0) is 23.5. The van der Waals surface area contributed by atoms with Crippen LogP contribution in [0, 0.1) is 13.8 Å². The average molecular weight is 452 g/mol. The zero-order valence-electron chi connectivity index (χ0n) is 18.8. The van der Waals surface area contributed by atoms with E-state index >= 15 is 0 Å². The van der Waals surface area contributed by atoms with Crippen molar-refractivity contribution in [1.82, 2.24) is 9.29 Å². The van der Waals surface area contributed by atoms with Crippen molar-refractivity contribution in [2.24, 2.45) is 0 Å². The standard InChI is InChI=1S/C21H29N3O6S/c1-8-30-16-10-9-15(11-17(16)31(27,28)24(5)6)22-14(4)20(25)19-12(2)18(13(3)23-19)21(26)29-7/h9-11,14,22-23H,8H2,1-7H3/t14-/m0/s1. The van der Waals surface area contributed by atoms with Crippen LogP contribution in [0.15, 0.2) is 23.1 Å². The lowest BCUT2D eigenvalue weighted by atomic mass is 10.0. The molecule has 0 aliphatic heterocycles.